The number of nitriles is 1. The van der Waals surface area contributed by atoms with Crippen molar-refractivity contribution in [2.45, 2.75) is 5.41 Å². The molecule has 0 aromatic heterocycles. The molecule has 5 rings (SSSR count). The van der Waals surface area contributed by atoms with Crippen molar-refractivity contribution in [2.24, 2.45) is 0 Å². The first kappa shape index (κ1) is 17.9. The molecule has 2 nitrogen and oxygen atoms in total. The van der Waals surface area contributed by atoms with Crippen LogP contribution < -0.4 is 0 Å². The van der Waals surface area contributed by atoms with Crippen LogP contribution in [0.2, 0.25) is 0 Å². The fourth-order valence-electron chi connectivity index (χ4n) is 4.75. The van der Waals surface area contributed by atoms with Crippen LogP contribution in [-0.4, -0.2) is 0 Å². The topological polar surface area (TPSA) is 28.1 Å². The van der Waals surface area contributed by atoms with Gasteiger partial charge in [-0.25, -0.2) is 9.24 Å². The van der Waals surface area contributed by atoms with Crippen LogP contribution in [-0.2, 0) is 5.41 Å². The Morgan fingerprint density at radius 2 is 1.37 bits per heavy atom. The van der Waals surface area contributed by atoms with E-state index < -0.39 is 11.2 Å². The fraction of sp³-hybridized carbons (Fsp3) is 0.0370. The zero-order valence-corrected chi connectivity index (χ0v) is 15.9. The molecular formula is C27H15FN2. The Morgan fingerprint density at radius 1 is 0.800 bits per heavy atom. The Morgan fingerprint density at radius 3 is 1.93 bits per heavy atom. The molecule has 0 N–H and O–H groups in total. The normalized spacial score (nSPS) is 13.0. The monoisotopic (exact) mass is 386 g/mol. The van der Waals surface area contributed by atoms with E-state index in [2.05, 4.69) is 4.85 Å². The summed E-state index contributed by atoms with van der Waals surface area (Å²) in [5.41, 5.74) is 4.11. The molecule has 4 aromatic rings. The molecule has 0 saturated heterocycles. The predicted octanol–water partition coefficient (Wildman–Crippen LogP) is 6.61. The van der Waals surface area contributed by atoms with Crippen LogP contribution in [0, 0.1) is 23.7 Å². The summed E-state index contributed by atoms with van der Waals surface area (Å²) in [5, 5.41) is 9.49. The molecule has 0 saturated carbocycles. The lowest BCUT2D eigenvalue weighted by atomic mass is 9.67. The molecule has 0 bridgehead atoms. The molecule has 0 amide bonds. The van der Waals surface area contributed by atoms with Gasteiger partial charge in [-0.05, 0) is 39.4 Å². The molecule has 1 aliphatic carbocycles. The highest BCUT2D eigenvalue weighted by Crippen LogP contribution is 2.59. The lowest BCUT2D eigenvalue weighted by molar-refractivity contribution is 0.625. The number of rotatable bonds is 2. The van der Waals surface area contributed by atoms with Crippen molar-refractivity contribution < 1.29 is 4.39 Å². The van der Waals surface area contributed by atoms with E-state index in [1.807, 2.05) is 91.0 Å². The molecule has 0 spiro atoms. The minimum Gasteiger partial charge on any atom is -0.235 e. The fourth-order valence-corrected chi connectivity index (χ4v) is 4.75. The van der Waals surface area contributed by atoms with E-state index in [0.717, 1.165) is 27.8 Å². The average molecular weight is 386 g/mol. The molecule has 0 fully saturated rings. The Balaban J connectivity index is 2.06. The molecule has 30 heavy (non-hydrogen) atoms. The van der Waals surface area contributed by atoms with Gasteiger partial charge in [-0.2, -0.15) is 5.26 Å². The van der Waals surface area contributed by atoms with Gasteiger partial charge in [-0.15, -0.1) is 0 Å². The molecular weight excluding hydrogens is 371 g/mol. The molecule has 1 aliphatic rings. The van der Waals surface area contributed by atoms with Gasteiger partial charge >= 0.3 is 0 Å². The molecule has 0 radical (unpaired) electrons. The van der Waals surface area contributed by atoms with Gasteiger partial charge in [0.2, 0.25) is 5.69 Å². The van der Waals surface area contributed by atoms with Gasteiger partial charge < -0.3 is 0 Å². The zero-order chi connectivity index (χ0) is 20.7. The maximum atomic E-state index is 15.3. The van der Waals surface area contributed by atoms with E-state index in [9.17, 15) is 5.26 Å². The van der Waals surface area contributed by atoms with Crippen LogP contribution >= 0.6 is 0 Å². The van der Waals surface area contributed by atoms with Crippen LogP contribution in [0.5, 0.6) is 0 Å². The summed E-state index contributed by atoms with van der Waals surface area (Å²) in [4.78, 5) is 3.60. The van der Waals surface area contributed by atoms with Gasteiger partial charge in [-0.3, -0.25) is 0 Å². The summed E-state index contributed by atoms with van der Waals surface area (Å²) in [6.45, 7) is 7.81. The molecule has 0 heterocycles. The minimum absolute atomic E-state index is 0.0899. The highest BCUT2D eigenvalue weighted by atomic mass is 19.1. The number of fused-ring (bicyclic) bond motifs is 3. The average Bonchev–Trinajstić information content (AvgIpc) is 3.11. The molecule has 0 atom stereocenters. The van der Waals surface area contributed by atoms with E-state index in [4.69, 9.17) is 6.57 Å². The third-order valence-corrected chi connectivity index (χ3v) is 5.88. The van der Waals surface area contributed by atoms with Gasteiger partial charge in [0, 0.05) is 0 Å². The van der Waals surface area contributed by atoms with Crippen LogP contribution in [0.4, 0.5) is 10.1 Å². The van der Waals surface area contributed by atoms with Crippen molar-refractivity contribution in [3.05, 3.63) is 136 Å². The van der Waals surface area contributed by atoms with E-state index in [1.165, 1.54) is 0 Å². The van der Waals surface area contributed by atoms with Gasteiger partial charge in [0.1, 0.15) is 11.9 Å². The Kier molecular flexibility index (Phi) is 3.98. The molecule has 0 aliphatic heterocycles. The summed E-state index contributed by atoms with van der Waals surface area (Å²) in [6.07, 6.45) is 0. The standard InChI is InChI=1S/C27H15FN2/c1-30-26-24-22(16-18(17-29)25(26)28)21-14-8-9-15-23(21)27(24,19-10-4-2-5-11-19)20-12-6-3-7-13-20/h2-16H. The summed E-state index contributed by atoms with van der Waals surface area (Å²) in [6, 6.07) is 31.2. The van der Waals surface area contributed by atoms with Crippen molar-refractivity contribution in [2.75, 3.05) is 0 Å². The summed E-state index contributed by atoms with van der Waals surface area (Å²) >= 11 is 0. The quantitative estimate of drug-likeness (QED) is 0.314. The molecule has 0 unspecified atom stereocenters. The largest absolute Gasteiger partial charge is 0.235 e. The number of hydrogen-bond donors (Lipinski definition) is 0. The second kappa shape index (κ2) is 6.69. The van der Waals surface area contributed by atoms with Crippen molar-refractivity contribution in [1.29, 1.82) is 5.26 Å². The molecule has 140 valence electrons. The van der Waals surface area contributed by atoms with E-state index >= 15 is 4.39 Å². The summed E-state index contributed by atoms with van der Waals surface area (Å²) in [7, 11) is 0. The molecule has 4 aromatic carbocycles. The Hall–Kier alpha value is -4.21. The van der Waals surface area contributed by atoms with Gasteiger partial charge in [-0.1, -0.05) is 84.9 Å². The van der Waals surface area contributed by atoms with E-state index in [-0.39, 0.29) is 11.3 Å². The van der Waals surface area contributed by atoms with Crippen molar-refractivity contribution in [3.8, 4) is 17.2 Å². The Bertz CT molecular complexity index is 1320. The lowest BCUT2D eigenvalue weighted by Gasteiger charge is -2.34. The number of hydrogen-bond acceptors (Lipinski definition) is 1. The number of halogens is 1. The van der Waals surface area contributed by atoms with Crippen LogP contribution in [0.3, 0.4) is 0 Å². The third-order valence-electron chi connectivity index (χ3n) is 5.88. The predicted molar refractivity (Wildman–Crippen MR) is 115 cm³/mol. The van der Waals surface area contributed by atoms with Crippen LogP contribution in [0.1, 0.15) is 27.8 Å². The SMILES string of the molecule is [C-]#[N+]c1c(F)c(C#N)cc2c1C(c1ccccc1)(c1ccccc1)c1ccccc1-2. The smallest absolute Gasteiger partial charge is 0.228 e. The van der Waals surface area contributed by atoms with Gasteiger partial charge in [0.15, 0.2) is 0 Å². The first-order valence-electron chi connectivity index (χ1n) is 9.59. The van der Waals surface area contributed by atoms with Crippen LogP contribution in [0.25, 0.3) is 16.0 Å². The van der Waals surface area contributed by atoms with Crippen LogP contribution in [0.15, 0.2) is 91.0 Å². The zero-order valence-electron chi connectivity index (χ0n) is 15.9. The van der Waals surface area contributed by atoms with Gasteiger partial charge in [0.25, 0.3) is 0 Å². The van der Waals surface area contributed by atoms with Crippen molar-refractivity contribution in [1.82, 2.24) is 0 Å². The maximum Gasteiger partial charge on any atom is 0.228 e. The van der Waals surface area contributed by atoms with Gasteiger partial charge in [0.05, 0.1) is 17.6 Å². The highest BCUT2D eigenvalue weighted by molar-refractivity contribution is 5.92. The highest BCUT2D eigenvalue weighted by Gasteiger charge is 2.48. The Labute approximate surface area is 174 Å². The van der Waals surface area contributed by atoms with E-state index in [1.54, 1.807) is 6.07 Å². The second-order valence-corrected chi connectivity index (χ2v) is 7.26. The third kappa shape index (κ3) is 2.21. The number of nitrogens with zero attached hydrogens (tertiary/aromatic N) is 2. The van der Waals surface area contributed by atoms with E-state index in [0.29, 0.717) is 5.56 Å². The first-order valence-corrected chi connectivity index (χ1v) is 9.59. The molecule has 3 heteroatoms. The summed E-state index contributed by atoms with van der Waals surface area (Å²) < 4.78 is 15.3. The summed E-state index contributed by atoms with van der Waals surface area (Å²) in [5.74, 6) is -0.754. The van der Waals surface area contributed by atoms with Crippen molar-refractivity contribution in [3.63, 3.8) is 0 Å². The number of benzene rings is 4. The minimum atomic E-state index is -0.844. The van der Waals surface area contributed by atoms with Crippen molar-refractivity contribution >= 4 is 5.69 Å². The first-order chi connectivity index (χ1) is 14.7. The lowest BCUT2D eigenvalue weighted by Crippen LogP contribution is -2.28. The second-order valence-electron chi connectivity index (χ2n) is 7.26. The maximum absolute atomic E-state index is 15.3.